The normalized spacial score (nSPS) is 15.1. The Kier molecular flexibility index (Phi) is 6.41. The van der Waals surface area contributed by atoms with Crippen molar-refractivity contribution in [1.29, 1.82) is 0 Å². The lowest BCUT2D eigenvalue weighted by atomic mass is 9.77. The molecule has 1 rings (SSSR count). The van der Waals surface area contributed by atoms with E-state index < -0.39 is 5.41 Å². The summed E-state index contributed by atoms with van der Waals surface area (Å²) in [6.45, 7) is 5.65. The molecule has 0 fully saturated rings. The fraction of sp³-hybridized carbons (Fsp3) is 0.529. The van der Waals surface area contributed by atoms with Crippen molar-refractivity contribution in [2.24, 2.45) is 11.3 Å². The van der Waals surface area contributed by atoms with E-state index in [2.05, 4.69) is 0 Å². The smallest absolute Gasteiger partial charge is 0.312 e. The lowest BCUT2D eigenvalue weighted by Crippen LogP contribution is -2.35. The molecule has 0 saturated carbocycles. The van der Waals surface area contributed by atoms with Crippen molar-refractivity contribution in [3.8, 4) is 0 Å². The van der Waals surface area contributed by atoms with Crippen LogP contribution in [-0.2, 0) is 20.7 Å². The number of ketones is 1. The molecule has 1 aromatic rings. The fourth-order valence-electron chi connectivity index (χ4n) is 2.29. The Morgan fingerprint density at radius 2 is 1.86 bits per heavy atom. The summed E-state index contributed by atoms with van der Waals surface area (Å²) in [7, 11) is 1.36. The minimum absolute atomic E-state index is 0.0424. The van der Waals surface area contributed by atoms with E-state index in [9.17, 15) is 9.59 Å². The molecule has 0 saturated heterocycles. The van der Waals surface area contributed by atoms with E-state index in [4.69, 9.17) is 16.3 Å². The number of hydrogen-bond donors (Lipinski definition) is 0. The van der Waals surface area contributed by atoms with Crippen LogP contribution in [0.3, 0.4) is 0 Å². The van der Waals surface area contributed by atoms with Gasteiger partial charge in [-0.2, -0.15) is 0 Å². The van der Waals surface area contributed by atoms with Gasteiger partial charge in [0, 0.05) is 17.4 Å². The molecule has 21 heavy (non-hydrogen) atoms. The highest BCUT2D eigenvalue weighted by atomic mass is 35.5. The molecule has 0 aromatic heterocycles. The lowest BCUT2D eigenvalue weighted by molar-refractivity contribution is -0.154. The average Bonchev–Trinajstić information content (AvgIpc) is 2.47. The van der Waals surface area contributed by atoms with Gasteiger partial charge in [0.05, 0.1) is 12.5 Å². The van der Waals surface area contributed by atoms with Gasteiger partial charge in [-0.25, -0.2) is 0 Å². The Bertz CT molecular complexity index is 495. The quantitative estimate of drug-likeness (QED) is 0.713. The molecule has 0 N–H and O–H groups in total. The van der Waals surface area contributed by atoms with Gasteiger partial charge in [-0.3, -0.25) is 9.59 Å². The van der Waals surface area contributed by atoms with Crippen molar-refractivity contribution >= 4 is 23.4 Å². The van der Waals surface area contributed by atoms with E-state index in [1.165, 1.54) is 7.11 Å². The Balaban J connectivity index is 2.95. The van der Waals surface area contributed by atoms with Crippen molar-refractivity contribution in [1.82, 2.24) is 0 Å². The monoisotopic (exact) mass is 310 g/mol. The largest absolute Gasteiger partial charge is 0.469 e. The number of carbonyl (C=O) groups excluding carboxylic acids is 2. The number of carbonyl (C=O) groups is 2. The van der Waals surface area contributed by atoms with Gasteiger partial charge in [0.2, 0.25) is 0 Å². The van der Waals surface area contributed by atoms with Gasteiger partial charge < -0.3 is 4.74 Å². The van der Waals surface area contributed by atoms with Gasteiger partial charge in [-0.1, -0.05) is 37.6 Å². The first-order chi connectivity index (χ1) is 9.82. The second kappa shape index (κ2) is 7.60. The summed E-state index contributed by atoms with van der Waals surface area (Å²) in [6, 6.07) is 7.31. The van der Waals surface area contributed by atoms with E-state index in [1.807, 2.05) is 26.0 Å². The van der Waals surface area contributed by atoms with E-state index >= 15 is 0 Å². The summed E-state index contributed by atoms with van der Waals surface area (Å²) >= 11 is 5.87. The van der Waals surface area contributed by atoms with Crippen LogP contribution in [0.1, 0.15) is 39.2 Å². The zero-order valence-electron chi connectivity index (χ0n) is 13.1. The predicted molar refractivity (Wildman–Crippen MR) is 84.4 cm³/mol. The number of esters is 1. The number of ether oxygens (including phenoxy) is 1. The molecule has 0 bridgehead atoms. The standard InChI is InChI=1S/C17H23ClO3/c1-5-12(2)15(19)11-17(3,16(20)21-4)10-13-6-8-14(18)9-7-13/h6-9,12H,5,10-11H2,1-4H3. The summed E-state index contributed by atoms with van der Waals surface area (Å²) in [5.74, 6) is -0.298. The summed E-state index contributed by atoms with van der Waals surface area (Å²) in [6.07, 6.45) is 1.42. The maximum Gasteiger partial charge on any atom is 0.312 e. The number of benzene rings is 1. The van der Waals surface area contributed by atoms with Gasteiger partial charge >= 0.3 is 5.97 Å². The number of methoxy groups -OCH3 is 1. The van der Waals surface area contributed by atoms with Crippen molar-refractivity contribution in [2.75, 3.05) is 7.11 Å². The minimum Gasteiger partial charge on any atom is -0.469 e. The molecule has 0 aliphatic rings. The molecular formula is C17H23ClO3. The first-order valence-corrected chi connectivity index (χ1v) is 7.55. The summed E-state index contributed by atoms with van der Waals surface area (Å²) in [5, 5.41) is 0.647. The van der Waals surface area contributed by atoms with Crippen LogP contribution in [-0.4, -0.2) is 18.9 Å². The fourth-order valence-corrected chi connectivity index (χ4v) is 2.42. The minimum atomic E-state index is -0.844. The van der Waals surface area contributed by atoms with Crippen molar-refractivity contribution < 1.29 is 14.3 Å². The Labute approximate surface area is 131 Å². The average molecular weight is 311 g/mol. The lowest BCUT2D eigenvalue weighted by Gasteiger charge is -2.27. The second-order valence-corrected chi connectivity index (χ2v) is 6.24. The molecule has 0 radical (unpaired) electrons. The van der Waals surface area contributed by atoms with Gasteiger partial charge in [-0.05, 0) is 37.5 Å². The first kappa shape index (κ1) is 17.7. The maximum absolute atomic E-state index is 12.2. The molecule has 0 heterocycles. The van der Waals surface area contributed by atoms with E-state index in [0.717, 1.165) is 12.0 Å². The van der Waals surface area contributed by atoms with Gasteiger partial charge in [0.15, 0.2) is 0 Å². The summed E-state index contributed by atoms with van der Waals surface area (Å²) < 4.78 is 4.91. The van der Waals surface area contributed by atoms with Gasteiger partial charge in [-0.15, -0.1) is 0 Å². The van der Waals surface area contributed by atoms with Crippen LogP contribution < -0.4 is 0 Å². The summed E-state index contributed by atoms with van der Waals surface area (Å²) in [5.41, 5.74) is 0.118. The van der Waals surface area contributed by atoms with Crippen LogP contribution in [0, 0.1) is 11.3 Å². The van der Waals surface area contributed by atoms with Crippen LogP contribution in [0.5, 0.6) is 0 Å². The molecule has 116 valence electrons. The molecule has 0 aliphatic heterocycles. The topological polar surface area (TPSA) is 43.4 Å². The molecule has 4 heteroatoms. The van der Waals surface area contributed by atoms with E-state index in [0.29, 0.717) is 11.4 Å². The Morgan fingerprint density at radius 1 is 1.29 bits per heavy atom. The third kappa shape index (κ3) is 4.85. The SMILES string of the molecule is CCC(C)C(=O)CC(C)(Cc1ccc(Cl)cc1)C(=O)OC. The van der Waals surface area contributed by atoms with Crippen LogP contribution in [0.15, 0.2) is 24.3 Å². The summed E-state index contributed by atoms with van der Waals surface area (Å²) in [4.78, 5) is 24.4. The second-order valence-electron chi connectivity index (χ2n) is 5.81. The van der Waals surface area contributed by atoms with Crippen LogP contribution >= 0.6 is 11.6 Å². The molecule has 2 unspecified atom stereocenters. The van der Waals surface area contributed by atoms with E-state index in [-0.39, 0.29) is 24.1 Å². The Morgan fingerprint density at radius 3 is 2.33 bits per heavy atom. The third-order valence-corrected chi connectivity index (χ3v) is 4.16. The predicted octanol–water partition coefficient (Wildman–Crippen LogP) is 4.07. The van der Waals surface area contributed by atoms with Crippen LogP contribution in [0.2, 0.25) is 5.02 Å². The first-order valence-electron chi connectivity index (χ1n) is 7.18. The zero-order chi connectivity index (χ0) is 16.0. The van der Waals surface area contributed by atoms with Crippen molar-refractivity contribution in [3.05, 3.63) is 34.9 Å². The van der Waals surface area contributed by atoms with Gasteiger partial charge in [0.25, 0.3) is 0 Å². The molecule has 1 aromatic carbocycles. The highest BCUT2D eigenvalue weighted by molar-refractivity contribution is 6.30. The highest BCUT2D eigenvalue weighted by Gasteiger charge is 2.37. The maximum atomic E-state index is 12.2. The third-order valence-electron chi connectivity index (χ3n) is 3.91. The number of Topliss-reactive ketones (excluding diaryl/α,β-unsaturated/α-hetero) is 1. The molecule has 3 nitrogen and oxygen atoms in total. The molecule has 0 aliphatic carbocycles. The van der Waals surface area contributed by atoms with Crippen LogP contribution in [0.25, 0.3) is 0 Å². The number of hydrogen-bond acceptors (Lipinski definition) is 3. The molecule has 0 amide bonds. The number of rotatable bonds is 7. The molecule has 2 atom stereocenters. The van der Waals surface area contributed by atoms with E-state index in [1.54, 1.807) is 19.1 Å². The van der Waals surface area contributed by atoms with Crippen molar-refractivity contribution in [2.45, 2.75) is 40.0 Å². The molecular weight excluding hydrogens is 288 g/mol. The number of halogens is 1. The molecule has 0 spiro atoms. The van der Waals surface area contributed by atoms with Crippen LogP contribution in [0.4, 0.5) is 0 Å². The Hall–Kier alpha value is -1.35. The van der Waals surface area contributed by atoms with Gasteiger partial charge in [0.1, 0.15) is 5.78 Å². The zero-order valence-corrected chi connectivity index (χ0v) is 13.9. The van der Waals surface area contributed by atoms with Crippen molar-refractivity contribution in [3.63, 3.8) is 0 Å². The highest BCUT2D eigenvalue weighted by Crippen LogP contribution is 2.31.